The van der Waals surface area contributed by atoms with Crippen molar-refractivity contribution in [3.8, 4) is 0 Å². The van der Waals surface area contributed by atoms with Crippen molar-refractivity contribution in [3.05, 3.63) is 35.4 Å². The Labute approximate surface area is 157 Å². The fourth-order valence-electron chi connectivity index (χ4n) is 2.42. The van der Waals surface area contributed by atoms with Gasteiger partial charge in [-0.2, -0.15) is 0 Å². The zero-order chi connectivity index (χ0) is 19.6. The average Bonchev–Trinajstić information content (AvgIpc) is 2.62. The second-order valence-electron chi connectivity index (χ2n) is 6.21. The molecule has 1 saturated heterocycles. The highest BCUT2D eigenvalue weighted by Crippen LogP contribution is 2.12. The molecule has 3 amide bonds. The van der Waals surface area contributed by atoms with Crippen molar-refractivity contribution in [1.29, 1.82) is 0 Å². The molecule has 0 bridgehead atoms. The number of hydrogen-bond acceptors (Lipinski definition) is 6. The summed E-state index contributed by atoms with van der Waals surface area (Å²) in [5, 5.41) is 2.74. The van der Waals surface area contributed by atoms with E-state index in [9.17, 15) is 19.2 Å². The van der Waals surface area contributed by atoms with Crippen molar-refractivity contribution >= 4 is 23.7 Å². The number of carbonyl (C=O) groups excluding carboxylic acids is 4. The predicted molar refractivity (Wildman–Crippen MR) is 95.4 cm³/mol. The summed E-state index contributed by atoms with van der Waals surface area (Å²) in [6, 6.07) is 7.30. The third-order valence-electron chi connectivity index (χ3n) is 3.99. The molecule has 1 fully saturated rings. The van der Waals surface area contributed by atoms with Crippen LogP contribution in [0.5, 0.6) is 0 Å². The lowest BCUT2D eigenvalue weighted by atomic mass is 10.1. The SMILES string of the molecule is CC(=O)OCCCOCC(=O)NCc1ccc(CC(=O)N2CCC2=O)cc1. The molecular formula is C19H24N2O6. The summed E-state index contributed by atoms with van der Waals surface area (Å²) in [4.78, 5) is 46.7. The summed E-state index contributed by atoms with van der Waals surface area (Å²) in [6.07, 6.45) is 1.18. The fraction of sp³-hybridized carbons (Fsp3) is 0.474. The van der Waals surface area contributed by atoms with Crippen molar-refractivity contribution in [2.75, 3.05) is 26.4 Å². The molecule has 0 spiro atoms. The van der Waals surface area contributed by atoms with Gasteiger partial charge in [0.2, 0.25) is 17.7 Å². The number of β-lactam (4-membered cyclic amide) rings is 1. The van der Waals surface area contributed by atoms with Gasteiger partial charge in [0.1, 0.15) is 6.61 Å². The second kappa shape index (κ2) is 10.4. The Balaban J connectivity index is 1.61. The van der Waals surface area contributed by atoms with Crippen LogP contribution >= 0.6 is 0 Å². The normalized spacial score (nSPS) is 13.1. The molecule has 1 aliphatic heterocycles. The first kappa shape index (κ1) is 20.6. The molecule has 1 aromatic rings. The number of likely N-dealkylation sites (tertiary alicyclic amines) is 1. The van der Waals surface area contributed by atoms with Crippen LogP contribution in [0.3, 0.4) is 0 Å². The van der Waals surface area contributed by atoms with E-state index < -0.39 is 0 Å². The number of nitrogens with one attached hydrogen (secondary N) is 1. The number of carbonyl (C=O) groups is 4. The van der Waals surface area contributed by atoms with E-state index in [0.717, 1.165) is 11.1 Å². The number of esters is 1. The highest BCUT2D eigenvalue weighted by molar-refractivity contribution is 6.00. The van der Waals surface area contributed by atoms with Gasteiger partial charge in [-0.25, -0.2) is 0 Å². The minimum atomic E-state index is -0.336. The van der Waals surface area contributed by atoms with E-state index >= 15 is 0 Å². The molecule has 0 aliphatic carbocycles. The van der Waals surface area contributed by atoms with Crippen LogP contribution < -0.4 is 5.32 Å². The summed E-state index contributed by atoms with van der Waals surface area (Å²) in [5.74, 6) is -0.874. The molecule has 146 valence electrons. The molecule has 1 heterocycles. The van der Waals surface area contributed by atoms with Gasteiger partial charge in [0.25, 0.3) is 0 Å². The number of rotatable bonds is 10. The lowest BCUT2D eigenvalue weighted by molar-refractivity contribution is -0.152. The van der Waals surface area contributed by atoms with Crippen LogP contribution in [-0.4, -0.2) is 55.0 Å². The molecule has 27 heavy (non-hydrogen) atoms. The molecule has 0 atom stereocenters. The molecule has 1 aliphatic rings. The van der Waals surface area contributed by atoms with Crippen LogP contribution in [0.4, 0.5) is 0 Å². The highest BCUT2D eigenvalue weighted by Gasteiger charge is 2.29. The maximum Gasteiger partial charge on any atom is 0.302 e. The maximum absolute atomic E-state index is 11.9. The van der Waals surface area contributed by atoms with Crippen molar-refractivity contribution in [3.63, 3.8) is 0 Å². The Hall–Kier alpha value is -2.74. The largest absolute Gasteiger partial charge is 0.466 e. The van der Waals surface area contributed by atoms with E-state index in [1.165, 1.54) is 11.8 Å². The third kappa shape index (κ3) is 7.18. The van der Waals surface area contributed by atoms with Gasteiger partial charge >= 0.3 is 5.97 Å². The van der Waals surface area contributed by atoms with E-state index in [2.05, 4.69) is 5.32 Å². The van der Waals surface area contributed by atoms with E-state index in [4.69, 9.17) is 9.47 Å². The summed E-state index contributed by atoms with van der Waals surface area (Å²) in [6.45, 7) is 2.76. The van der Waals surface area contributed by atoms with Crippen molar-refractivity contribution in [2.24, 2.45) is 0 Å². The summed E-state index contributed by atoms with van der Waals surface area (Å²) in [5.41, 5.74) is 1.72. The zero-order valence-electron chi connectivity index (χ0n) is 15.4. The Kier molecular flexibility index (Phi) is 7.94. The van der Waals surface area contributed by atoms with Crippen molar-refractivity contribution in [2.45, 2.75) is 32.7 Å². The monoisotopic (exact) mass is 376 g/mol. The van der Waals surface area contributed by atoms with E-state index in [1.807, 2.05) is 24.3 Å². The Morgan fingerprint density at radius 1 is 1.11 bits per heavy atom. The lowest BCUT2D eigenvalue weighted by Crippen LogP contribution is -2.48. The quantitative estimate of drug-likeness (QED) is 0.364. The number of imide groups is 1. The van der Waals surface area contributed by atoms with Gasteiger partial charge in [-0.1, -0.05) is 24.3 Å². The molecule has 8 heteroatoms. The van der Waals surface area contributed by atoms with Gasteiger partial charge in [-0.05, 0) is 11.1 Å². The van der Waals surface area contributed by atoms with Gasteiger partial charge in [-0.15, -0.1) is 0 Å². The van der Waals surface area contributed by atoms with Crippen LogP contribution in [0.2, 0.25) is 0 Å². The van der Waals surface area contributed by atoms with Crippen molar-refractivity contribution in [1.82, 2.24) is 10.2 Å². The van der Waals surface area contributed by atoms with Gasteiger partial charge in [-0.3, -0.25) is 24.1 Å². The highest BCUT2D eigenvalue weighted by atomic mass is 16.5. The van der Waals surface area contributed by atoms with E-state index in [0.29, 0.717) is 32.5 Å². The first-order valence-electron chi connectivity index (χ1n) is 8.84. The standard InChI is InChI=1S/C19H24N2O6/c1-14(22)27-10-2-9-26-13-17(23)20-12-16-5-3-15(4-6-16)11-19(25)21-8-7-18(21)24/h3-6H,2,7-13H2,1H3,(H,20,23). The first-order chi connectivity index (χ1) is 13.0. The summed E-state index contributed by atoms with van der Waals surface area (Å²) >= 11 is 0. The van der Waals surface area contributed by atoms with E-state index in [1.54, 1.807) is 0 Å². The molecule has 0 unspecified atom stereocenters. The van der Waals surface area contributed by atoms with Crippen LogP contribution in [0, 0.1) is 0 Å². The van der Waals surface area contributed by atoms with Crippen LogP contribution in [0.25, 0.3) is 0 Å². The van der Waals surface area contributed by atoms with Crippen LogP contribution in [-0.2, 0) is 41.6 Å². The van der Waals surface area contributed by atoms with Crippen LogP contribution in [0.15, 0.2) is 24.3 Å². The molecule has 0 radical (unpaired) electrons. The number of nitrogens with zero attached hydrogens (tertiary/aromatic N) is 1. The van der Waals surface area contributed by atoms with Gasteiger partial charge in [0, 0.05) is 32.9 Å². The zero-order valence-corrected chi connectivity index (χ0v) is 15.4. The molecular weight excluding hydrogens is 352 g/mol. The minimum absolute atomic E-state index is 0.0590. The summed E-state index contributed by atoms with van der Waals surface area (Å²) < 4.78 is 9.96. The van der Waals surface area contributed by atoms with Crippen LogP contribution in [0.1, 0.15) is 30.9 Å². The molecule has 0 saturated carbocycles. The molecule has 1 N–H and O–H groups in total. The maximum atomic E-state index is 11.9. The Morgan fingerprint density at radius 2 is 1.81 bits per heavy atom. The number of ether oxygens (including phenoxy) is 2. The molecule has 1 aromatic carbocycles. The average molecular weight is 376 g/mol. The number of benzene rings is 1. The molecule has 0 aromatic heterocycles. The smallest absolute Gasteiger partial charge is 0.302 e. The topological polar surface area (TPSA) is 102 Å². The molecule has 2 rings (SSSR count). The first-order valence-corrected chi connectivity index (χ1v) is 8.84. The number of hydrogen-bond donors (Lipinski definition) is 1. The Bertz CT molecular complexity index is 686. The Morgan fingerprint density at radius 3 is 2.41 bits per heavy atom. The van der Waals surface area contributed by atoms with E-state index in [-0.39, 0.29) is 43.3 Å². The fourth-order valence-corrected chi connectivity index (χ4v) is 2.42. The lowest BCUT2D eigenvalue weighted by Gasteiger charge is -2.28. The molecule has 8 nitrogen and oxygen atoms in total. The minimum Gasteiger partial charge on any atom is -0.466 e. The third-order valence-corrected chi connectivity index (χ3v) is 3.99. The van der Waals surface area contributed by atoms with Gasteiger partial charge < -0.3 is 14.8 Å². The van der Waals surface area contributed by atoms with Gasteiger partial charge in [0.05, 0.1) is 19.6 Å². The second-order valence-corrected chi connectivity index (χ2v) is 6.21. The number of amides is 3. The predicted octanol–water partition coefficient (Wildman–Crippen LogP) is 0.574. The van der Waals surface area contributed by atoms with Crippen molar-refractivity contribution < 1.29 is 28.7 Å². The van der Waals surface area contributed by atoms with Gasteiger partial charge in [0.15, 0.2) is 0 Å². The summed E-state index contributed by atoms with van der Waals surface area (Å²) in [7, 11) is 0.